The molecule has 3 heterocycles. The zero-order valence-electron chi connectivity index (χ0n) is 20.6. The van der Waals surface area contributed by atoms with Gasteiger partial charge in [-0.2, -0.15) is 0 Å². The summed E-state index contributed by atoms with van der Waals surface area (Å²) in [5, 5.41) is 3.39. The van der Waals surface area contributed by atoms with Gasteiger partial charge in [-0.05, 0) is 58.7 Å². The molecule has 182 valence electrons. The largest absolute Gasteiger partial charge is 0.491 e. The Labute approximate surface area is 200 Å². The number of aromatic nitrogens is 4. The van der Waals surface area contributed by atoms with Gasteiger partial charge in [0, 0.05) is 25.0 Å². The number of hydrogen-bond donors (Lipinski definition) is 2. The van der Waals surface area contributed by atoms with E-state index in [1.54, 1.807) is 4.40 Å². The van der Waals surface area contributed by atoms with Gasteiger partial charge in [-0.25, -0.2) is 19.2 Å². The number of H-pyrrole nitrogens is 1. The minimum atomic E-state index is -0.177. The van der Waals surface area contributed by atoms with Crippen LogP contribution >= 0.6 is 0 Å². The number of hydrogen-bond acceptors (Lipinski definition) is 6. The quantitative estimate of drug-likeness (QED) is 0.573. The molecule has 1 aliphatic carbocycles. The Morgan fingerprint density at radius 2 is 1.88 bits per heavy atom. The van der Waals surface area contributed by atoms with Crippen molar-refractivity contribution >= 4 is 11.3 Å². The summed E-state index contributed by atoms with van der Waals surface area (Å²) in [6.07, 6.45) is 8.00. The molecule has 1 saturated carbocycles. The fourth-order valence-corrected chi connectivity index (χ4v) is 5.59. The van der Waals surface area contributed by atoms with Gasteiger partial charge in [-0.15, -0.1) is 0 Å². The first-order valence-corrected chi connectivity index (χ1v) is 12.8. The molecule has 2 fully saturated rings. The van der Waals surface area contributed by atoms with Crippen LogP contribution < -0.4 is 20.6 Å². The minimum absolute atomic E-state index is 0.177. The van der Waals surface area contributed by atoms with Crippen LogP contribution in [0.1, 0.15) is 69.3 Å². The predicted octanol–water partition coefficient (Wildman–Crippen LogP) is 4.03. The molecule has 5 rings (SSSR count). The average Bonchev–Trinajstić information content (AvgIpc) is 3.22. The number of benzene rings is 1. The zero-order valence-corrected chi connectivity index (χ0v) is 20.6. The van der Waals surface area contributed by atoms with Gasteiger partial charge in [-0.1, -0.05) is 25.3 Å². The highest BCUT2D eigenvalue weighted by molar-refractivity contribution is 5.76. The van der Waals surface area contributed by atoms with Crippen molar-refractivity contribution in [3.63, 3.8) is 0 Å². The molecule has 0 amide bonds. The van der Waals surface area contributed by atoms with Gasteiger partial charge in [0.05, 0.1) is 23.6 Å². The summed E-state index contributed by atoms with van der Waals surface area (Å²) in [5.41, 5.74) is 3.14. The fraction of sp³-hybridized carbons (Fsp3) is 0.577. The summed E-state index contributed by atoms with van der Waals surface area (Å²) in [6.45, 7) is 6.41. The zero-order chi connectivity index (χ0) is 23.7. The van der Waals surface area contributed by atoms with Crippen LogP contribution in [0.25, 0.3) is 17.0 Å². The highest BCUT2D eigenvalue weighted by Gasteiger charge is 2.26. The molecule has 2 aromatic heterocycles. The van der Waals surface area contributed by atoms with Crippen molar-refractivity contribution in [2.75, 3.05) is 31.6 Å². The Kier molecular flexibility index (Phi) is 6.59. The molecule has 0 unspecified atom stereocenters. The molecule has 2 N–H and O–H groups in total. The Balaban J connectivity index is 1.57. The smallest absolute Gasteiger partial charge is 0.334 e. The first kappa shape index (κ1) is 22.9. The number of ether oxygens (including phenoxy) is 1. The number of fused-ring (bicyclic) bond motifs is 1. The molecule has 0 radical (unpaired) electrons. The Morgan fingerprint density at radius 1 is 1.12 bits per heavy atom. The van der Waals surface area contributed by atoms with Crippen LogP contribution in [0.15, 0.2) is 23.0 Å². The van der Waals surface area contributed by atoms with Crippen LogP contribution in [0, 0.1) is 6.92 Å². The summed E-state index contributed by atoms with van der Waals surface area (Å²) in [6, 6.07) is 6.67. The van der Waals surface area contributed by atoms with E-state index in [1.165, 1.54) is 19.3 Å². The maximum Gasteiger partial charge on any atom is 0.334 e. The van der Waals surface area contributed by atoms with E-state index in [9.17, 15) is 4.79 Å². The number of nitrogens with one attached hydrogen (secondary N) is 2. The van der Waals surface area contributed by atoms with Crippen LogP contribution in [0.4, 0.5) is 5.69 Å². The van der Waals surface area contributed by atoms with E-state index < -0.39 is 0 Å². The number of nitrogens with zero attached hydrogens (tertiary/aromatic N) is 4. The Hall–Kier alpha value is -2.87. The van der Waals surface area contributed by atoms with E-state index in [1.807, 2.05) is 33.0 Å². The summed E-state index contributed by atoms with van der Waals surface area (Å²) < 4.78 is 7.87. The molecular weight excluding hydrogens is 428 g/mol. The van der Waals surface area contributed by atoms with Gasteiger partial charge >= 0.3 is 5.69 Å². The number of anilines is 1. The van der Waals surface area contributed by atoms with Gasteiger partial charge in [0.25, 0.3) is 0 Å². The molecule has 1 aromatic carbocycles. The summed E-state index contributed by atoms with van der Waals surface area (Å²) in [4.78, 5) is 28.5. The van der Waals surface area contributed by atoms with Crippen molar-refractivity contribution in [2.45, 2.75) is 70.8 Å². The lowest BCUT2D eigenvalue weighted by atomic mass is 9.89. The third kappa shape index (κ3) is 4.19. The number of para-hydroxylation sites is 1. The lowest BCUT2D eigenvalue weighted by Gasteiger charge is -2.34. The van der Waals surface area contributed by atoms with Gasteiger partial charge in [0.15, 0.2) is 11.4 Å². The SMILES string of the molecule is CCOc1c(-c2nc3c(C)nc(C4CCCCC4)n3c(=O)[nH]2)cccc1N1CCC(NC)CC1. The van der Waals surface area contributed by atoms with Crippen molar-refractivity contribution < 1.29 is 4.74 Å². The van der Waals surface area contributed by atoms with Crippen LogP contribution in [0.3, 0.4) is 0 Å². The highest BCUT2D eigenvalue weighted by atomic mass is 16.5. The number of rotatable bonds is 6. The van der Waals surface area contributed by atoms with Gasteiger partial charge in [0.2, 0.25) is 0 Å². The summed E-state index contributed by atoms with van der Waals surface area (Å²) in [7, 11) is 2.03. The number of aryl methyl sites for hydroxylation is 1. The topological polar surface area (TPSA) is 87.5 Å². The highest BCUT2D eigenvalue weighted by Crippen LogP contribution is 2.39. The molecule has 1 aliphatic heterocycles. The second-order valence-electron chi connectivity index (χ2n) is 9.58. The minimum Gasteiger partial charge on any atom is -0.491 e. The van der Waals surface area contributed by atoms with E-state index in [0.29, 0.717) is 30.0 Å². The van der Waals surface area contributed by atoms with Crippen LogP contribution in [0.2, 0.25) is 0 Å². The molecule has 3 aromatic rings. The molecule has 0 bridgehead atoms. The van der Waals surface area contributed by atoms with E-state index >= 15 is 0 Å². The standard InChI is InChI=1S/C26H36N6O2/c1-4-34-22-20(11-8-12-21(22)31-15-13-19(27-3)14-16-31)23-29-24-17(2)28-25(32(24)26(33)30-23)18-9-6-5-7-10-18/h8,11-12,18-19,27H,4-7,9-10,13-16H2,1-3H3,(H,29,30,33). The first-order chi connectivity index (χ1) is 16.6. The molecule has 8 heteroatoms. The molecule has 2 aliphatic rings. The number of aromatic amines is 1. The van der Waals surface area contributed by atoms with Crippen LogP contribution in [0.5, 0.6) is 5.75 Å². The van der Waals surface area contributed by atoms with Crippen molar-refractivity contribution in [1.29, 1.82) is 0 Å². The van der Waals surface area contributed by atoms with E-state index in [2.05, 4.69) is 21.3 Å². The van der Waals surface area contributed by atoms with Crippen molar-refractivity contribution in [2.24, 2.45) is 0 Å². The maximum absolute atomic E-state index is 13.3. The molecular formula is C26H36N6O2. The van der Waals surface area contributed by atoms with Crippen molar-refractivity contribution in [3.8, 4) is 17.1 Å². The predicted molar refractivity (Wildman–Crippen MR) is 135 cm³/mol. The normalized spacial score (nSPS) is 18.0. The number of piperidine rings is 1. The molecule has 0 atom stereocenters. The lowest BCUT2D eigenvalue weighted by molar-refractivity contribution is 0.339. The Bertz CT molecular complexity index is 1200. The van der Waals surface area contributed by atoms with E-state index in [-0.39, 0.29) is 5.69 Å². The monoisotopic (exact) mass is 464 g/mol. The molecule has 0 spiro atoms. The molecule has 34 heavy (non-hydrogen) atoms. The van der Waals surface area contributed by atoms with Gasteiger partial charge in [-0.3, -0.25) is 4.98 Å². The van der Waals surface area contributed by atoms with Crippen molar-refractivity contribution in [1.82, 2.24) is 24.7 Å². The fourth-order valence-electron chi connectivity index (χ4n) is 5.59. The average molecular weight is 465 g/mol. The second kappa shape index (κ2) is 9.78. The van der Waals surface area contributed by atoms with Gasteiger partial charge < -0.3 is 15.0 Å². The van der Waals surface area contributed by atoms with Crippen molar-refractivity contribution in [3.05, 3.63) is 40.2 Å². The van der Waals surface area contributed by atoms with E-state index in [0.717, 1.165) is 67.3 Å². The third-order valence-electron chi connectivity index (χ3n) is 7.45. The molecule has 1 saturated heterocycles. The van der Waals surface area contributed by atoms with Crippen LogP contribution in [-0.4, -0.2) is 52.1 Å². The van der Waals surface area contributed by atoms with Gasteiger partial charge in [0.1, 0.15) is 11.6 Å². The summed E-state index contributed by atoms with van der Waals surface area (Å²) >= 11 is 0. The lowest BCUT2D eigenvalue weighted by Crippen LogP contribution is -2.41. The van der Waals surface area contributed by atoms with Crippen LogP contribution in [-0.2, 0) is 0 Å². The summed E-state index contributed by atoms with van der Waals surface area (Å²) in [5.74, 6) is 2.50. The second-order valence-corrected chi connectivity index (χ2v) is 9.58. The third-order valence-corrected chi connectivity index (χ3v) is 7.45. The maximum atomic E-state index is 13.3. The number of imidazole rings is 1. The molecule has 8 nitrogen and oxygen atoms in total. The first-order valence-electron chi connectivity index (χ1n) is 12.8. The Morgan fingerprint density at radius 3 is 2.59 bits per heavy atom. The van der Waals surface area contributed by atoms with E-state index in [4.69, 9.17) is 14.7 Å².